The average molecular weight is 403 g/mol. The molecule has 0 bridgehead atoms. The van der Waals surface area contributed by atoms with Crippen molar-refractivity contribution in [3.63, 3.8) is 0 Å². The van der Waals surface area contributed by atoms with Crippen LogP contribution in [0.3, 0.4) is 0 Å². The van der Waals surface area contributed by atoms with Crippen LogP contribution >= 0.6 is 11.9 Å². The van der Waals surface area contributed by atoms with Gasteiger partial charge in [0, 0.05) is 18.2 Å². The van der Waals surface area contributed by atoms with Crippen molar-refractivity contribution in [2.75, 3.05) is 0 Å². The van der Waals surface area contributed by atoms with E-state index in [4.69, 9.17) is 5.73 Å². The van der Waals surface area contributed by atoms with Crippen LogP contribution < -0.4 is 5.73 Å². The van der Waals surface area contributed by atoms with Gasteiger partial charge in [0.1, 0.15) is 0 Å². The molecule has 2 aliphatic rings. The van der Waals surface area contributed by atoms with Gasteiger partial charge >= 0.3 is 5.97 Å². The summed E-state index contributed by atoms with van der Waals surface area (Å²) in [5.41, 5.74) is 12.1. The fraction of sp³-hybridized carbons (Fsp3) is 0.167. The maximum Gasteiger partial charge on any atom is 0.314 e. The number of benzene rings is 2. The van der Waals surface area contributed by atoms with Crippen molar-refractivity contribution in [2.24, 2.45) is 10.1 Å². The van der Waals surface area contributed by atoms with Gasteiger partial charge in [-0.2, -0.15) is 0 Å². The number of nitrogens with two attached hydrogens (primary N) is 1. The van der Waals surface area contributed by atoms with Crippen molar-refractivity contribution >= 4 is 29.0 Å². The molecule has 5 heteroatoms. The van der Waals surface area contributed by atoms with E-state index in [2.05, 4.69) is 11.0 Å². The first-order valence-corrected chi connectivity index (χ1v) is 10.2. The number of nitrogens with zero attached hydrogens (tertiary/aromatic N) is 1. The van der Waals surface area contributed by atoms with Crippen LogP contribution in [0.15, 0.2) is 82.4 Å². The first kappa shape index (κ1) is 19.3. The van der Waals surface area contributed by atoms with Gasteiger partial charge in [-0.25, -0.2) is 4.40 Å². The highest BCUT2D eigenvalue weighted by molar-refractivity contribution is 8.07. The summed E-state index contributed by atoms with van der Waals surface area (Å²) < 4.78 is 4.38. The van der Waals surface area contributed by atoms with E-state index in [-0.39, 0.29) is 0 Å². The smallest absolute Gasteiger partial charge is 0.314 e. The third kappa shape index (κ3) is 3.66. The Labute approximate surface area is 174 Å². The van der Waals surface area contributed by atoms with Crippen molar-refractivity contribution in [1.82, 2.24) is 0 Å². The normalized spacial score (nSPS) is 19.9. The molecule has 0 unspecified atom stereocenters. The lowest BCUT2D eigenvalue weighted by Gasteiger charge is -2.13. The molecule has 29 heavy (non-hydrogen) atoms. The van der Waals surface area contributed by atoms with Crippen molar-refractivity contribution in [3.8, 4) is 11.1 Å². The van der Waals surface area contributed by atoms with Crippen LogP contribution in [0.4, 0.5) is 0 Å². The molecule has 2 aromatic rings. The summed E-state index contributed by atoms with van der Waals surface area (Å²) in [4.78, 5) is 12.4. The van der Waals surface area contributed by atoms with Crippen molar-refractivity contribution < 1.29 is 9.90 Å². The Bertz CT molecular complexity index is 1070. The van der Waals surface area contributed by atoms with Crippen LogP contribution in [0.2, 0.25) is 0 Å². The molecule has 1 aliphatic carbocycles. The van der Waals surface area contributed by atoms with Crippen LogP contribution in [-0.2, 0) is 10.2 Å². The van der Waals surface area contributed by atoms with Gasteiger partial charge < -0.3 is 10.8 Å². The van der Waals surface area contributed by atoms with E-state index in [1.165, 1.54) is 11.9 Å². The van der Waals surface area contributed by atoms with Crippen LogP contribution in [-0.4, -0.2) is 17.3 Å². The molecule has 0 spiro atoms. The number of carboxylic acids is 1. The van der Waals surface area contributed by atoms with Gasteiger partial charge in [-0.05, 0) is 59.2 Å². The molecule has 0 atom stereocenters. The first-order chi connectivity index (χ1) is 13.9. The van der Waals surface area contributed by atoms with E-state index in [0.29, 0.717) is 18.5 Å². The fourth-order valence-corrected chi connectivity index (χ4v) is 4.30. The van der Waals surface area contributed by atoms with Gasteiger partial charge in [0.15, 0.2) is 0 Å². The fourth-order valence-electron chi connectivity index (χ4n) is 3.50. The predicted octanol–water partition coefficient (Wildman–Crippen LogP) is 5.33. The Hall–Kier alpha value is -3.05. The molecule has 0 saturated heterocycles. The quantitative estimate of drug-likeness (QED) is 0.678. The van der Waals surface area contributed by atoms with E-state index in [1.54, 1.807) is 0 Å². The Kier molecular flexibility index (Phi) is 4.92. The molecule has 1 aliphatic heterocycles. The van der Waals surface area contributed by atoms with Crippen molar-refractivity contribution in [1.29, 1.82) is 0 Å². The molecule has 0 aromatic heterocycles. The highest BCUT2D eigenvalue weighted by Gasteiger charge is 2.51. The minimum absolute atomic E-state index is 0.631. The lowest BCUT2D eigenvalue weighted by atomic mass is 9.93. The third-order valence-electron chi connectivity index (χ3n) is 5.47. The maximum absolute atomic E-state index is 11.5. The van der Waals surface area contributed by atoms with Crippen molar-refractivity contribution in [2.45, 2.75) is 25.2 Å². The number of rotatable bonds is 4. The molecular weight excluding hydrogens is 380 g/mol. The van der Waals surface area contributed by atoms with Gasteiger partial charge in [-0.15, -0.1) is 0 Å². The van der Waals surface area contributed by atoms with Crippen LogP contribution in [0.5, 0.6) is 0 Å². The lowest BCUT2D eigenvalue weighted by Crippen LogP contribution is -2.19. The van der Waals surface area contributed by atoms with Crippen LogP contribution in [0, 0.1) is 0 Å². The number of allylic oxidation sites excluding steroid dienone is 2. The first-order valence-electron chi connectivity index (χ1n) is 9.43. The van der Waals surface area contributed by atoms with Crippen LogP contribution in [0.1, 0.15) is 30.9 Å². The molecule has 1 fully saturated rings. The summed E-state index contributed by atoms with van der Waals surface area (Å²) in [6, 6.07) is 16.0. The number of carbonyl (C=O) groups is 1. The summed E-state index contributed by atoms with van der Waals surface area (Å²) in [5.74, 6) is -0.730. The molecule has 146 valence electrons. The Morgan fingerprint density at radius 3 is 2.17 bits per heavy atom. The largest absolute Gasteiger partial charge is 0.481 e. The zero-order chi connectivity index (χ0) is 20.6. The Morgan fingerprint density at radius 2 is 1.62 bits per heavy atom. The summed E-state index contributed by atoms with van der Waals surface area (Å²) >= 11 is 1.35. The molecular formula is C24H22N2O2S. The zero-order valence-corrected chi connectivity index (χ0v) is 17.0. The van der Waals surface area contributed by atoms with E-state index >= 15 is 0 Å². The number of hydrogen-bond donors (Lipinski definition) is 2. The highest BCUT2D eigenvalue weighted by atomic mass is 32.2. The van der Waals surface area contributed by atoms with Gasteiger partial charge in [0.05, 0.1) is 16.0 Å². The average Bonchev–Trinajstić information content (AvgIpc) is 3.53. The topological polar surface area (TPSA) is 75.7 Å². The van der Waals surface area contributed by atoms with E-state index in [1.807, 2.05) is 67.7 Å². The number of carboxylic acid groups (broad SMARTS) is 1. The van der Waals surface area contributed by atoms with Gasteiger partial charge in [-0.1, -0.05) is 55.1 Å². The second-order valence-electron chi connectivity index (χ2n) is 7.52. The maximum atomic E-state index is 11.5. The van der Waals surface area contributed by atoms with Gasteiger partial charge in [-0.3, -0.25) is 4.79 Å². The van der Waals surface area contributed by atoms with Gasteiger partial charge in [0.2, 0.25) is 0 Å². The van der Waals surface area contributed by atoms with Crippen molar-refractivity contribution in [3.05, 3.63) is 89.2 Å². The van der Waals surface area contributed by atoms with E-state index < -0.39 is 11.4 Å². The summed E-state index contributed by atoms with van der Waals surface area (Å²) in [6.07, 6.45) is 5.17. The highest BCUT2D eigenvalue weighted by Crippen LogP contribution is 2.48. The lowest BCUT2D eigenvalue weighted by molar-refractivity contribution is -0.140. The Balaban J connectivity index is 1.60. The van der Waals surface area contributed by atoms with E-state index in [9.17, 15) is 9.90 Å². The molecule has 4 nitrogen and oxygen atoms in total. The van der Waals surface area contributed by atoms with Crippen LogP contribution in [0.25, 0.3) is 16.0 Å². The second-order valence-corrected chi connectivity index (χ2v) is 8.33. The summed E-state index contributed by atoms with van der Waals surface area (Å²) in [6.45, 7) is 6.02. The molecule has 3 N–H and O–H groups in total. The molecule has 2 aromatic carbocycles. The van der Waals surface area contributed by atoms with Gasteiger partial charge in [0.25, 0.3) is 0 Å². The summed E-state index contributed by atoms with van der Waals surface area (Å²) in [7, 11) is 0. The number of aliphatic carboxylic acids is 1. The monoisotopic (exact) mass is 402 g/mol. The summed E-state index contributed by atoms with van der Waals surface area (Å²) in [5, 5.41) is 9.45. The SMILES string of the molecule is C=C1/C=C(/C)C=NSC(c2ccc(-c3ccc(C4(C(=O)O)CC4)cc3)cc2)=C1N. The number of hydrogen-bond acceptors (Lipinski definition) is 4. The molecule has 4 rings (SSSR count). The zero-order valence-electron chi connectivity index (χ0n) is 16.2. The molecule has 1 heterocycles. The molecule has 0 amide bonds. The minimum Gasteiger partial charge on any atom is -0.481 e. The minimum atomic E-state index is -0.730. The Morgan fingerprint density at radius 1 is 1.07 bits per heavy atom. The third-order valence-corrected chi connectivity index (χ3v) is 6.32. The molecule has 0 radical (unpaired) electrons. The second kappa shape index (κ2) is 7.41. The van der Waals surface area contributed by atoms with E-state index in [0.717, 1.165) is 38.3 Å². The predicted molar refractivity (Wildman–Crippen MR) is 121 cm³/mol. The standard InChI is InChI=1S/C24H22N2O2S/c1-15-13-16(2)21(25)22(29-26-14-15)19-5-3-17(4-6-19)18-7-9-20(10-8-18)24(11-12-24)23(27)28/h3-10,13-14H,2,11-12,25H2,1H3,(H,27,28)/b15-13-,22-21?,26-14?. The molecule has 1 saturated carbocycles.